The van der Waals surface area contributed by atoms with E-state index in [1.807, 2.05) is 60.0 Å². The van der Waals surface area contributed by atoms with Gasteiger partial charge in [-0.2, -0.15) is 0 Å². The van der Waals surface area contributed by atoms with E-state index in [4.69, 9.17) is 9.47 Å². The van der Waals surface area contributed by atoms with Crippen molar-refractivity contribution < 1.29 is 14.3 Å². The van der Waals surface area contributed by atoms with Crippen LogP contribution in [0.2, 0.25) is 0 Å². The van der Waals surface area contributed by atoms with Crippen LogP contribution >= 0.6 is 11.3 Å². The molecule has 1 amide bonds. The number of thiophene rings is 1. The van der Waals surface area contributed by atoms with E-state index in [-0.39, 0.29) is 12.7 Å². The number of benzene rings is 2. The van der Waals surface area contributed by atoms with E-state index in [0.717, 1.165) is 16.8 Å². The van der Waals surface area contributed by atoms with Gasteiger partial charge in [-0.1, -0.05) is 18.2 Å². The largest absolute Gasteiger partial charge is 0.461 e. The van der Waals surface area contributed by atoms with Crippen molar-refractivity contribution in [3.8, 4) is 10.4 Å². The third kappa shape index (κ3) is 3.41. The van der Waals surface area contributed by atoms with Gasteiger partial charge in [0.2, 0.25) is 6.79 Å². The predicted molar refractivity (Wildman–Crippen MR) is 99.2 cm³/mol. The number of anilines is 1. The molecular weight excluding hydrogens is 334 g/mol. The van der Waals surface area contributed by atoms with Crippen LogP contribution in [0.15, 0.2) is 72.3 Å². The lowest BCUT2D eigenvalue weighted by Crippen LogP contribution is -2.11. The molecule has 0 saturated carbocycles. The maximum atomic E-state index is 12.4. The summed E-state index contributed by atoms with van der Waals surface area (Å²) < 4.78 is 10.4. The molecule has 0 atom stereocenters. The normalized spacial score (nSPS) is 12.9. The highest BCUT2D eigenvalue weighted by molar-refractivity contribution is 7.13. The number of amides is 1. The molecule has 0 radical (unpaired) electrons. The lowest BCUT2D eigenvalue weighted by Gasteiger charge is -2.07. The maximum Gasteiger partial charge on any atom is 0.255 e. The maximum absolute atomic E-state index is 12.4. The molecule has 1 aromatic heterocycles. The number of hydrogen-bond acceptors (Lipinski definition) is 4. The summed E-state index contributed by atoms with van der Waals surface area (Å²) in [7, 11) is 0. The van der Waals surface area contributed by atoms with Crippen molar-refractivity contribution in [2.24, 2.45) is 0 Å². The second-order valence-corrected chi connectivity index (χ2v) is 6.44. The van der Waals surface area contributed by atoms with Crippen molar-refractivity contribution >= 4 is 28.7 Å². The minimum absolute atomic E-state index is 0.134. The first-order valence-corrected chi connectivity index (χ1v) is 8.68. The average molecular weight is 349 g/mol. The Balaban J connectivity index is 1.44. The molecule has 1 aliphatic rings. The smallest absolute Gasteiger partial charge is 0.255 e. The summed E-state index contributed by atoms with van der Waals surface area (Å²) in [5.74, 6) is 0.562. The van der Waals surface area contributed by atoms with Crippen LogP contribution in [0.3, 0.4) is 0 Å². The Morgan fingerprint density at radius 2 is 1.72 bits per heavy atom. The molecule has 1 aliphatic heterocycles. The van der Waals surface area contributed by atoms with Crippen LogP contribution < -0.4 is 5.32 Å². The molecule has 0 spiro atoms. The molecule has 3 aromatic rings. The number of rotatable bonds is 4. The lowest BCUT2D eigenvalue weighted by atomic mass is 10.1. The van der Waals surface area contributed by atoms with Crippen molar-refractivity contribution in [2.45, 2.75) is 0 Å². The average Bonchev–Trinajstić information content (AvgIpc) is 3.36. The summed E-state index contributed by atoms with van der Waals surface area (Å²) in [5.41, 5.74) is 3.38. The number of carbonyl (C=O) groups excluding carboxylic acids is 1. The van der Waals surface area contributed by atoms with Gasteiger partial charge in [-0.15, -0.1) is 11.3 Å². The van der Waals surface area contributed by atoms with E-state index in [9.17, 15) is 4.79 Å². The van der Waals surface area contributed by atoms with Crippen molar-refractivity contribution in [1.29, 1.82) is 0 Å². The molecule has 0 saturated heterocycles. The Bertz CT molecular complexity index is 897. The van der Waals surface area contributed by atoms with Gasteiger partial charge in [-0.3, -0.25) is 4.79 Å². The first kappa shape index (κ1) is 15.5. The zero-order chi connectivity index (χ0) is 17.1. The topological polar surface area (TPSA) is 47.6 Å². The molecule has 0 bridgehead atoms. The van der Waals surface area contributed by atoms with Gasteiger partial charge in [-0.25, -0.2) is 0 Å². The number of carbonyl (C=O) groups is 1. The summed E-state index contributed by atoms with van der Waals surface area (Å²) in [6.07, 6.45) is 1.59. The van der Waals surface area contributed by atoms with Crippen molar-refractivity contribution in [1.82, 2.24) is 0 Å². The first-order valence-electron chi connectivity index (χ1n) is 7.80. The second kappa shape index (κ2) is 6.83. The molecule has 2 heterocycles. The predicted octanol–water partition coefficient (Wildman–Crippen LogP) is 4.97. The quantitative estimate of drug-likeness (QED) is 0.723. The fourth-order valence-corrected chi connectivity index (χ4v) is 3.28. The van der Waals surface area contributed by atoms with E-state index in [1.165, 1.54) is 4.88 Å². The van der Waals surface area contributed by atoms with Gasteiger partial charge >= 0.3 is 0 Å². The Kier molecular flexibility index (Phi) is 4.23. The molecule has 4 nitrogen and oxygen atoms in total. The zero-order valence-electron chi connectivity index (χ0n) is 13.3. The minimum Gasteiger partial charge on any atom is -0.461 e. The second-order valence-electron chi connectivity index (χ2n) is 5.50. The number of nitrogens with one attached hydrogen (secondary N) is 1. The van der Waals surface area contributed by atoms with E-state index in [2.05, 4.69) is 11.4 Å². The highest BCUT2D eigenvalue weighted by Gasteiger charge is 2.10. The summed E-state index contributed by atoms with van der Waals surface area (Å²) in [6, 6.07) is 19.2. The molecule has 0 aliphatic carbocycles. The molecule has 0 fully saturated rings. The third-order valence-corrected chi connectivity index (χ3v) is 4.77. The molecule has 25 heavy (non-hydrogen) atoms. The van der Waals surface area contributed by atoms with Crippen LogP contribution in [0.25, 0.3) is 16.2 Å². The van der Waals surface area contributed by atoms with Gasteiger partial charge in [0.15, 0.2) is 5.76 Å². The molecule has 2 aromatic carbocycles. The molecule has 0 unspecified atom stereocenters. The fraction of sp³-hybridized carbons (Fsp3) is 0.0500. The highest BCUT2D eigenvalue weighted by atomic mass is 32.1. The van der Waals surface area contributed by atoms with E-state index < -0.39 is 0 Å². The summed E-state index contributed by atoms with van der Waals surface area (Å²) >= 11 is 1.68. The Hall–Kier alpha value is -3.05. The molecular formula is C20H15NO3S. The van der Waals surface area contributed by atoms with Crippen LogP contribution in [-0.2, 0) is 9.47 Å². The first-order chi connectivity index (χ1) is 12.3. The van der Waals surface area contributed by atoms with E-state index in [0.29, 0.717) is 11.3 Å². The summed E-state index contributed by atoms with van der Waals surface area (Å²) in [5, 5.41) is 4.94. The standard InChI is InChI=1S/C20H15NO3S/c22-20(16-5-3-15(4-6-16)19-2-1-11-25-19)21-17-9-7-14(8-10-17)18-12-23-13-24-18/h1-12H,13H2,(H,21,22). The molecule has 124 valence electrons. The van der Waals surface area contributed by atoms with Crippen LogP contribution in [0.4, 0.5) is 5.69 Å². The van der Waals surface area contributed by atoms with Gasteiger partial charge < -0.3 is 14.8 Å². The Morgan fingerprint density at radius 3 is 2.36 bits per heavy atom. The van der Waals surface area contributed by atoms with Crippen molar-refractivity contribution in [3.05, 3.63) is 83.4 Å². The number of hydrogen-bond donors (Lipinski definition) is 1. The van der Waals surface area contributed by atoms with Crippen LogP contribution in [0, 0.1) is 0 Å². The van der Waals surface area contributed by atoms with Crippen molar-refractivity contribution in [2.75, 3.05) is 12.1 Å². The monoisotopic (exact) mass is 349 g/mol. The van der Waals surface area contributed by atoms with Gasteiger partial charge in [0.05, 0.1) is 0 Å². The SMILES string of the molecule is O=C(Nc1ccc(C2=COCO2)cc1)c1ccc(-c2cccs2)cc1. The van der Waals surface area contributed by atoms with Gasteiger partial charge in [0.1, 0.15) is 6.26 Å². The van der Waals surface area contributed by atoms with E-state index >= 15 is 0 Å². The van der Waals surface area contributed by atoms with E-state index in [1.54, 1.807) is 17.6 Å². The minimum atomic E-state index is -0.134. The number of ether oxygens (including phenoxy) is 2. The fourth-order valence-electron chi connectivity index (χ4n) is 2.54. The lowest BCUT2D eigenvalue weighted by molar-refractivity contribution is 0.100. The van der Waals surface area contributed by atoms with Crippen LogP contribution in [0.5, 0.6) is 0 Å². The zero-order valence-corrected chi connectivity index (χ0v) is 14.1. The summed E-state index contributed by atoms with van der Waals surface area (Å²) in [6.45, 7) is 0.245. The Morgan fingerprint density at radius 1 is 0.960 bits per heavy atom. The van der Waals surface area contributed by atoms with Gasteiger partial charge in [-0.05, 0) is 53.4 Å². The Labute approximate surface area is 149 Å². The van der Waals surface area contributed by atoms with Gasteiger partial charge in [0, 0.05) is 21.7 Å². The molecule has 4 rings (SSSR count). The molecule has 1 N–H and O–H groups in total. The highest BCUT2D eigenvalue weighted by Crippen LogP contribution is 2.25. The van der Waals surface area contributed by atoms with Gasteiger partial charge in [0.25, 0.3) is 5.91 Å². The van der Waals surface area contributed by atoms with Crippen LogP contribution in [-0.4, -0.2) is 12.7 Å². The summed E-state index contributed by atoms with van der Waals surface area (Å²) in [4.78, 5) is 13.6. The third-order valence-electron chi connectivity index (χ3n) is 3.85. The van der Waals surface area contributed by atoms with Crippen LogP contribution in [0.1, 0.15) is 15.9 Å². The molecule has 5 heteroatoms. The van der Waals surface area contributed by atoms with Crippen molar-refractivity contribution in [3.63, 3.8) is 0 Å².